The van der Waals surface area contributed by atoms with E-state index in [1.807, 2.05) is 0 Å². The molecule has 1 aromatic carbocycles. The van der Waals surface area contributed by atoms with Crippen LogP contribution in [0.15, 0.2) is 18.2 Å². The predicted octanol–water partition coefficient (Wildman–Crippen LogP) is 1.18. The summed E-state index contributed by atoms with van der Waals surface area (Å²) in [6.45, 7) is 2.99. The van der Waals surface area contributed by atoms with Gasteiger partial charge in [-0.1, -0.05) is 0 Å². The Hall–Kier alpha value is -1.76. The summed E-state index contributed by atoms with van der Waals surface area (Å²) in [7, 11) is -3.32. The summed E-state index contributed by atoms with van der Waals surface area (Å²) in [6, 6.07) is 3.44. The molecule has 0 fully saturated rings. The number of benzene rings is 1. The van der Waals surface area contributed by atoms with Crippen molar-refractivity contribution in [2.45, 2.75) is 19.1 Å². The standard InChI is InChI=1S/C13H14FNO4S/c1-8(2)20(18,19)6-5-15-11-4-3-9(14)7-10(11)12(16)13(15)17/h3-4,7-8H,5-6H2,1-2H3. The fourth-order valence-corrected chi connectivity index (χ4v) is 2.86. The molecule has 0 unspecified atom stereocenters. The van der Waals surface area contributed by atoms with Gasteiger partial charge < -0.3 is 4.90 Å². The van der Waals surface area contributed by atoms with Gasteiger partial charge in [-0.15, -0.1) is 0 Å². The van der Waals surface area contributed by atoms with Crippen LogP contribution in [0.2, 0.25) is 0 Å². The van der Waals surface area contributed by atoms with Crippen molar-refractivity contribution < 1.29 is 22.4 Å². The van der Waals surface area contributed by atoms with Gasteiger partial charge in [-0.3, -0.25) is 9.59 Å². The van der Waals surface area contributed by atoms with Crippen LogP contribution in [0.5, 0.6) is 0 Å². The van der Waals surface area contributed by atoms with Gasteiger partial charge in [-0.25, -0.2) is 12.8 Å². The molecule has 0 aliphatic carbocycles. The average molecular weight is 299 g/mol. The van der Waals surface area contributed by atoms with Gasteiger partial charge in [0.05, 0.1) is 22.3 Å². The first-order valence-electron chi connectivity index (χ1n) is 6.11. The molecule has 1 aliphatic rings. The molecule has 1 amide bonds. The van der Waals surface area contributed by atoms with Gasteiger partial charge in [-0.05, 0) is 32.0 Å². The normalized spacial score (nSPS) is 15.1. The van der Waals surface area contributed by atoms with Crippen molar-refractivity contribution in [3.8, 4) is 0 Å². The molecule has 0 bridgehead atoms. The number of Topliss-reactive ketones (excluding diaryl/α,β-unsaturated/α-hetero) is 1. The van der Waals surface area contributed by atoms with Crippen LogP contribution in [0.25, 0.3) is 0 Å². The van der Waals surface area contributed by atoms with Gasteiger partial charge in [-0.2, -0.15) is 0 Å². The second-order valence-electron chi connectivity index (χ2n) is 4.86. The Morgan fingerprint density at radius 3 is 2.50 bits per heavy atom. The zero-order valence-electron chi connectivity index (χ0n) is 11.1. The van der Waals surface area contributed by atoms with E-state index in [1.165, 1.54) is 6.07 Å². The van der Waals surface area contributed by atoms with E-state index in [2.05, 4.69) is 0 Å². The van der Waals surface area contributed by atoms with Crippen LogP contribution in [0.1, 0.15) is 24.2 Å². The van der Waals surface area contributed by atoms with Crippen molar-refractivity contribution in [3.63, 3.8) is 0 Å². The number of hydrogen-bond donors (Lipinski definition) is 0. The molecule has 1 aliphatic heterocycles. The maximum absolute atomic E-state index is 13.1. The van der Waals surface area contributed by atoms with E-state index < -0.39 is 32.6 Å². The molecule has 0 saturated heterocycles. The minimum absolute atomic E-state index is 0.0167. The summed E-state index contributed by atoms with van der Waals surface area (Å²) in [5.74, 6) is -2.46. The Morgan fingerprint density at radius 1 is 1.25 bits per heavy atom. The Morgan fingerprint density at radius 2 is 1.90 bits per heavy atom. The first-order valence-corrected chi connectivity index (χ1v) is 7.83. The highest BCUT2D eigenvalue weighted by molar-refractivity contribution is 7.92. The molecular weight excluding hydrogens is 285 g/mol. The highest BCUT2D eigenvalue weighted by Crippen LogP contribution is 2.29. The second-order valence-corrected chi connectivity index (χ2v) is 7.54. The lowest BCUT2D eigenvalue weighted by molar-refractivity contribution is -0.114. The summed E-state index contributed by atoms with van der Waals surface area (Å²) in [6.07, 6.45) is 0. The van der Waals surface area contributed by atoms with Gasteiger partial charge in [0.1, 0.15) is 5.82 Å². The SMILES string of the molecule is CC(C)S(=O)(=O)CCN1C(=O)C(=O)c2cc(F)ccc21. The molecule has 0 atom stereocenters. The minimum atomic E-state index is -3.32. The van der Waals surface area contributed by atoms with Crippen LogP contribution in [0.3, 0.4) is 0 Å². The van der Waals surface area contributed by atoms with Crippen LogP contribution in [-0.2, 0) is 14.6 Å². The molecule has 20 heavy (non-hydrogen) atoms. The molecule has 0 radical (unpaired) electrons. The maximum atomic E-state index is 13.1. The highest BCUT2D eigenvalue weighted by Gasteiger charge is 2.36. The highest BCUT2D eigenvalue weighted by atomic mass is 32.2. The van der Waals surface area contributed by atoms with Crippen LogP contribution in [0.4, 0.5) is 10.1 Å². The van der Waals surface area contributed by atoms with Crippen molar-refractivity contribution in [1.82, 2.24) is 0 Å². The smallest absolute Gasteiger partial charge is 0.299 e. The van der Waals surface area contributed by atoms with E-state index >= 15 is 0 Å². The topological polar surface area (TPSA) is 71.5 Å². The summed E-state index contributed by atoms with van der Waals surface area (Å²) in [5, 5.41) is -0.552. The predicted molar refractivity (Wildman–Crippen MR) is 72.0 cm³/mol. The first kappa shape index (κ1) is 14.6. The zero-order valence-corrected chi connectivity index (χ0v) is 11.9. The summed E-state index contributed by atoms with van der Waals surface area (Å²) in [4.78, 5) is 24.6. The van der Waals surface area contributed by atoms with Gasteiger partial charge in [0.25, 0.3) is 11.7 Å². The Kier molecular flexibility index (Phi) is 3.64. The summed E-state index contributed by atoms with van der Waals surface area (Å²) >= 11 is 0. The lowest BCUT2D eigenvalue weighted by Crippen LogP contribution is -2.35. The number of amides is 1. The van der Waals surface area contributed by atoms with Gasteiger partial charge in [0.2, 0.25) is 0 Å². The third-order valence-electron chi connectivity index (χ3n) is 3.25. The number of rotatable bonds is 4. The van der Waals surface area contributed by atoms with Crippen molar-refractivity contribution in [2.75, 3.05) is 17.2 Å². The second kappa shape index (κ2) is 4.97. The largest absolute Gasteiger partial charge is 0.304 e. The van der Waals surface area contributed by atoms with Crippen LogP contribution in [-0.4, -0.2) is 37.7 Å². The van der Waals surface area contributed by atoms with E-state index in [0.717, 1.165) is 17.0 Å². The van der Waals surface area contributed by atoms with E-state index in [1.54, 1.807) is 13.8 Å². The number of carbonyl (C=O) groups excluding carboxylic acids is 2. The quantitative estimate of drug-likeness (QED) is 0.783. The molecular formula is C13H14FNO4S. The van der Waals surface area contributed by atoms with E-state index in [9.17, 15) is 22.4 Å². The van der Waals surface area contributed by atoms with Crippen molar-refractivity contribution >= 4 is 27.2 Å². The monoisotopic (exact) mass is 299 g/mol. The Balaban J connectivity index is 2.27. The lowest BCUT2D eigenvalue weighted by atomic mass is 10.1. The fourth-order valence-electron chi connectivity index (χ4n) is 1.95. The van der Waals surface area contributed by atoms with Crippen molar-refractivity contribution in [2.24, 2.45) is 0 Å². The van der Waals surface area contributed by atoms with E-state index in [0.29, 0.717) is 0 Å². The van der Waals surface area contributed by atoms with Gasteiger partial charge in [0, 0.05) is 6.54 Å². The Labute approximate surface area is 116 Å². The molecule has 7 heteroatoms. The molecule has 0 spiro atoms. The number of carbonyl (C=O) groups is 2. The average Bonchev–Trinajstić information content (AvgIpc) is 2.60. The zero-order chi connectivity index (χ0) is 15.1. The van der Waals surface area contributed by atoms with Crippen LogP contribution in [0, 0.1) is 5.82 Å². The number of hydrogen-bond acceptors (Lipinski definition) is 4. The Bertz CT molecular complexity index is 682. The maximum Gasteiger partial charge on any atom is 0.299 e. The number of nitrogens with zero attached hydrogens (tertiary/aromatic N) is 1. The minimum Gasteiger partial charge on any atom is -0.304 e. The molecule has 1 heterocycles. The van der Waals surface area contributed by atoms with Crippen LogP contribution < -0.4 is 4.90 Å². The summed E-state index contributed by atoms with van der Waals surface area (Å²) in [5.41, 5.74) is 0.248. The number of fused-ring (bicyclic) bond motifs is 1. The number of halogens is 1. The fraction of sp³-hybridized carbons (Fsp3) is 0.385. The molecule has 2 rings (SSSR count). The van der Waals surface area contributed by atoms with Crippen LogP contribution >= 0.6 is 0 Å². The summed E-state index contributed by atoms with van der Waals surface area (Å²) < 4.78 is 36.6. The van der Waals surface area contributed by atoms with Gasteiger partial charge >= 0.3 is 0 Å². The number of sulfone groups is 1. The third-order valence-corrected chi connectivity index (χ3v) is 5.44. The number of ketones is 1. The molecule has 5 nitrogen and oxygen atoms in total. The van der Waals surface area contributed by atoms with E-state index in [4.69, 9.17) is 0 Å². The van der Waals surface area contributed by atoms with E-state index in [-0.39, 0.29) is 23.5 Å². The number of anilines is 1. The lowest BCUT2D eigenvalue weighted by Gasteiger charge is -2.17. The third kappa shape index (κ3) is 2.45. The molecule has 0 N–H and O–H groups in total. The van der Waals surface area contributed by atoms with Gasteiger partial charge in [0.15, 0.2) is 9.84 Å². The molecule has 0 saturated carbocycles. The molecule has 1 aromatic rings. The molecule has 108 valence electrons. The molecule has 0 aromatic heterocycles. The van der Waals surface area contributed by atoms with Crippen molar-refractivity contribution in [1.29, 1.82) is 0 Å². The first-order chi connectivity index (χ1) is 9.24. The van der Waals surface area contributed by atoms with Crippen molar-refractivity contribution in [3.05, 3.63) is 29.6 Å².